The Balaban J connectivity index is 1.51. The fourth-order valence-electron chi connectivity index (χ4n) is 3.55. The molecule has 0 heterocycles. The van der Waals surface area contributed by atoms with E-state index in [0.29, 0.717) is 15.6 Å². The number of halogens is 7. The SMILES string of the molecule is O=C(Nc1ccc(F)cc1F)c1cc(NC(=O)C2[C@H](c3ccc(Cl)c(Br)c3)C2(Cl)Cl)ccc1Cl. The fourth-order valence-corrected chi connectivity index (χ4v) is 5.10. The molecule has 3 aromatic rings. The van der Waals surface area contributed by atoms with Gasteiger partial charge in [-0.1, -0.05) is 29.3 Å². The van der Waals surface area contributed by atoms with Crippen LogP contribution in [0.4, 0.5) is 20.2 Å². The molecule has 4 nitrogen and oxygen atoms in total. The lowest BCUT2D eigenvalue weighted by molar-refractivity contribution is -0.117. The maximum absolute atomic E-state index is 13.9. The number of rotatable bonds is 5. The van der Waals surface area contributed by atoms with Crippen LogP contribution in [0.1, 0.15) is 21.8 Å². The van der Waals surface area contributed by atoms with Gasteiger partial charge in [-0.15, -0.1) is 23.2 Å². The molecule has 1 unspecified atom stereocenters. The Morgan fingerprint density at radius 2 is 1.62 bits per heavy atom. The summed E-state index contributed by atoms with van der Waals surface area (Å²) in [6.45, 7) is 0. The monoisotopic (exact) mass is 606 g/mol. The standard InChI is InChI=1S/C23H13BrCl4F2N2O2/c24-14-7-10(1-4-16(14)26)19-20(23(19,27)28)22(34)31-12-3-5-15(25)13(9-12)21(33)32-18-6-2-11(29)8-17(18)30/h1-9,19-20H,(H,31,34)(H,32,33)/t19-,20?/m0/s1. The molecule has 2 atom stereocenters. The molecule has 0 aromatic heterocycles. The second-order valence-corrected chi connectivity index (χ2v) is 10.7. The topological polar surface area (TPSA) is 58.2 Å². The highest BCUT2D eigenvalue weighted by Gasteiger charge is 2.67. The van der Waals surface area contributed by atoms with Gasteiger partial charge in [0, 0.05) is 22.1 Å². The third-order valence-electron chi connectivity index (χ3n) is 5.30. The van der Waals surface area contributed by atoms with Crippen molar-refractivity contribution in [2.45, 2.75) is 10.3 Å². The van der Waals surface area contributed by atoms with E-state index in [9.17, 15) is 18.4 Å². The summed E-state index contributed by atoms with van der Waals surface area (Å²) in [5, 5.41) is 5.58. The highest BCUT2D eigenvalue weighted by atomic mass is 79.9. The Morgan fingerprint density at radius 3 is 2.29 bits per heavy atom. The molecule has 34 heavy (non-hydrogen) atoms. The van der Waals surface area contributed by atoms with E-state index in [0.717, 1.165) is 17.7 Å². The van der Waals surface area contributed by atoms with Crippen LogP contribution in [0.25, 0.3) is 0 Å². The van der Waals surface area contributed by atoms with Crippen molar-refractivity contribution >= 4 is 85.5 Å². The van der Waals surface area contributed by atoms with Gasteiger partial charge in [-0.05, 0) is 64.0 Å². The number of anilines is 2. The van der Waals surface area contributed by atoms with Crippen LogP contribution in [0.5, 0.6) is 0 Å². The number of alkyl halides is 2. The summed E-state index contributed by atoms with van der Waals surface area (Å²) >= 11 is 28.3. The van der Waals surface area contributed by atoms with Gasteiger partial charge in [0.05, 0.1) is 27.2 Å². The summed E-state index contributed by atoms with van der Waals surface area (Å²) in [6, 6.07) is 12.1. The zero-order valence-electron chi connectivity index (χ0n) is 16.8. The molecule has 0 aliphatic heterocycles. The van der Waals surface area contributed by atoms with E-state index in [1.54, 1.807) is 18.2 Å². The molecule has 1 aliphatic rings. The van der Waals surface area contributed by atoms with Gasteiger partial charge >= 0.3 is 0 Å². The Labute approximate surface area is 221 Å². The molecule has 176 valence electrons. The highest BCUT2D eigenvalue weighted by Crippen LogP contribution is 2.65. The summed E-state index contributed by atoms with van der Waals surface area (Å²) in [7, 11) is 0. The molecule has 1 aliphatic carbocycles. The smallest absolute Gasteiger partial charge is 0.257 e. The van der Waals surface area contributed by atoms with Gasteiger partial charge in [-0.25, -0.2) is 8.78 Å². The van der Waals surface area contributed by atoms with E-state index in [2.05, 4.69) is 26.6 Å². The molecular weight excluding hydrogens is 596 g/mol. The van der Waals surface area contributed by atoms with Gasteiger partial charge in [-0.3, -0.25) is 9.59 Å². The van der Waals surface area contributed by atoms with Crippen molar-refractivity contribution in [1.82, 2.24) is 0 Å². The lowest BCUT2D eigenvalue weighted by atomic mass is 10.1. The van der Waals surface area contributed by atoms with Crippen LogP contribution in [0.15, 0.2) is 59.1 Å². The molecule has 1 fully saturated rings. The van der Waals surface area contributed by atoms with E-state index in [1.165, 1.54) is 18.2 Å². The zero-order valence-corrected chi connectivity index (χ0v) is 21.4. The predicted molar refractivity (Wildman–Crippen MR) is 134 cm³/mol. The summed E-state index contributed by atoms with van der Waals surface area (Å²) < 4.78 is 26.3. The van der Waals surface area contributed by atoms with Crippen LogP contribution < -0.4 is 10.6 Å². The largest absolute Gasteiger partial charge is 0.326 e. The van der Waals surface area contributed by atoms with Gasteiger partial charge in [0.25, 0.3) is 5.91 Å². The number of benzene rings is 3. The average Bonchev–Trinajstić information content (AvgIpc) is 3.35. The van der Waals surface area contributed by atoms with Gasteiger partial charge in [-0.2, -0.15) is 0 Å². The van der Waals surface area contributed by atoms with E-state index >= 15 is 0 Å². The zero-order chi connectivity index (χ0) is 24.8. The van der Waals surface area contributed by atoms with E-state index in [1.807, 2.05) is 0 Å². The van der Waals surface area contributed by atoms with Crippen LogP contribution in [0, 0.1) is 17.6 Å². The van der Waals surface area contributed by atoms with Gasteiger partial charge in [0.2, 0.25) is 5.91 Å². The third kappa shape index (κ3) is 5.04. The minimum atomic E-state index is -1.33. The van der Waals surface area contributed by atoms with Crippen molar-refractivity contribution < 1.29 is 18.4 Å². The number of nitrogens with one attached hydrogen (secondary N) is 2. The number of amides is 2. The number of carbonyl (C=O) groups excluding carboxylic acids is 2. The normalized spacial score (nSPS) is 18.3. The van der Waals surface area contributed by atoms with Crippen LogP contribution in [-0.4, -0.2) is 16.1 Å². The molecule has 0 bridgehead atoms. The molecule has 0 radical (unpaired) electrons. The van der Waals surface area contributed by atoms with Crippen LogP contribution in [-0.2, 0) is 4.79 Å². The number of hydrogen-bond donors (Lipinski definition) is 2. The van der Waals surface area contributed by atoms with Gasteiger partial charge in [0.15, 0.2) is 0 Å². The van der Waals surface area contributed by atoms with Crippen LogP contribution in [0.2, 0.25) is 10.0 Å². The van der Waals surface area contributed by atoms with E-state index in [-0.39, 0.29) is 22.0 Å². The molecule has 11 heteroatoms. The number of hydrogen-bond acceptors (Lipinski definition) is 2. The first-order valence-corrected chi connectivity index (χ1v) is 12.0. The van der Waals surface area contributed by atoms with E-state index < -0.39 is 39.6 Å². The Bertz CT molecular complexity index is 1320. The Morgan fingerprint density at radius 1 is 0.912 bits per heavy atom. The summed E-state index contributed by atoms with van der Waals surface area (Å²) in [6.07, 6.45) is 0. The minimum Gasteiger partial charge on any atom is -0.326 e. The Kier molecular flexibility index (Phi) is 7.14. The third-order valence-corrected chi connectivity index (χ3v) is 7.78. The van der Waals surface area contributed by atoms with Crippen molar-refractivity contribution in [3.8, 4) is 0 Å². The predicted octanol–water partition coefficient (Wildman–Crippen LogP) is 7.81. The van der Waals surface area contributed by atoms with Crippen molar-refractivity contribution in [3.63, 3.8) is 0 Å². The molecule has 0 saturated heterocycles. The second-order valence-electron chi connectivity index (χ2n) is 7.57. The van der Waals surface area contributed by atoms with Crippen molar-refractivity contribution in [2.24, 2.45) is 5.92 Å². The van der Waals surface area contributed by atoms with Gasteiger partial charge in [0.1, 0.15) is 16.0 Å². The second kappa shape index (κ2) is 9.63. The molecular formula is C23H13BrCl4F2N2O2. The first kappa shape index (κ1) is 25.2. The molecule has 1 saturated carbocycles. The van der Waals surface area contributed by atoms with Crippen LogP contribution in [0.3, 0.4) is 0 Å². The molecule has 2 N–H and O–H groups in total. The maximum atomic E-state index is 13.9. The fraction of sp³-hybridized carbons (Fsp3) is 0.130. The first-order valence-electron chi connectivity index (χ1n) is 9.68. The lowest BCUT2D eigenvalue weighted by Crippen LogP contribution is -2.18. The quantitative estimate of drug-likeness (QED) is 0.290. The average molecular weight is 609 g/mol. The van der Waals surface area contributed by atoms with Crippen molar-refractivity contribution in [1.29, 1.82) is 0 Å². The number of carbonyl (C=O) groups is 2. The first-order chi connectivity index (χ1) is 16.0. The molecule has 2 amide bonds. The molecule has 3 aromatic carbocycles. The highest BCUT2D eigenvalue weighted by molar-refractivity contribution is 9.10. The van der Waals surface area contributed by atoms with Gasteiger partial charge < -0.3 is 10.6 Å². The summed E-state index contributed by atoms with van der Waals surface area (Å²) in [5.74, 6) is -4.16. The Hall–Kier alpha value is -1.90. The molecule has 0 spiro atoms. The van der Waals surface area contributed by atoms with Crippen LogP contribution >= 0.6 is 62.3 Å². The lowest BCUT2D eigenvalue weighted by Gasteiger charge is -2.11. The van der Waals surface area contributed by atoms with E-state index in [4.69, 9.17) is 46.4 Å². The molecule has 4 rings (SSSR count). The summed E-state index contributed by atoms with van der Waals surface area (Å²) in [4.78, 5) is 25.6. The summed E-state index contributed by atoms with van der Waals surface area (Å²) in [5.41, 5.74) is 0.742. The minimum absolute atomic E-state index is 0.0276. The van der Waals surface area contributed by atoms with Crippen molar-refractivity contribution in [2.75, 3.05) is 10.6 Å². The van der Waals surface area contributed by atoms with Crippen molar-refractivity contribution in [3.05, 3.63) is 91.9 Å². The maximum Gasteiger partial charge on any atom is 0.257 e.